The minimum absolute atomic E-state index is 0.609. The quantitative estimate of drug-likeness (QED) is 0.820. The first-order valence-electron chi connectivity index (χ1n) is 7.48. The SMILES string of the molecule is COc1ccccc1OCCNc1ccc2c(c1)CCC2. The fourth-order valence-electron chi connectivity index (χ4n) is 2.78. The summed E-state index contributed by atoms with van der Waals surface area (Å²) in [7, 11) is 1.66. The van der Waals surface area contributed by atoms with E-state index in [1.807, 2.05) is 24.3 Å². The Morgan fingerprint density at radius 1 is 1.00 bits per heavy atom. The van der Waals surface area contributed by atoms with Crippen LogP contribution in [-0.4, -0.2) is 20.3 Å². The van der Waals surface area contributed by atoms with E-state index in [1.54, 1.807) is 7.11 Å². The van der Waals surface area contributed by atoms with Crippen LogP contribution in [0.5, 0.6) is 11.5 Å². The summed E-state index contributed by atoms with van der Waals surface area (Å²) in [4.78, 5) is 0. The van der Waals surface area contributed by atoms with Crippen molar-refractivity contribution in [1.29, 1.82) is 0 Å². The Labute approximate surface area is 125 Å². The molecule has 0 bridgehead atoms. The minimum atomic E-state index is 0.609. The van der Waals surface area contributed by atoms with Crippen molar-refractivity contribution >= 4 is 5.69 Å². The van der Waals surface area contributed by atoms with Gasteiger partial charge in [0.15, 0.2) is 11.5 Å². The van der Waals surface area contributed by atoms with E-state index in [4.69, 9.17) is 9.47 Å². The summed E-state index contributed by atoms with van der Waals surface area (Å²) in [5.41, 5.74) is 4.18. The lowest BCUT2D eigenvalue weighted by Crippen LogP contribution is -2.12. The predicted octanol–water partition coefficient (Wildman–Crippen LogP) is 3.67. The predicted molar refractivity (Wildman–Crippen MR) is 85.4 cm³/mol. The average molecular weight is 283 g/mol. The Bertz CT molecular complexity index is 610. The van der Waals surface area contributed by atoms with Crippen molar-refractivity contribution in [1.82, 2.24) is 0 Å². The Morgan fingerprint density at radius 2 is 1.81 bits per heavy atom. The zero-order valence-electron chi connectivity index (χ0n) is 12.4. The second-order valence-electron chi connectivity index (χ2n) is 5.26. The van der Waals surface area contributed by atoms with Crippen molar-refractivity contribution < 1.29 is 9.47 Å². The maximum atomic E-state index is 5.75. The van der Waals surface area contributed by atoms with Crippen LogP contribution in [0.15, 0.2) is 42.5 Å². The summed E-state index contributed by atoms with van der Waals surface area (Å²) in [6.07, 6.45) is 3.73. The van der Waals surface area contributed by atoms with Gasteiger partial charge in [-0.3, -0.25) is 0 Å². The average Bonchev–Trinajstić information content (AvgIpc) is 2.99. The molecule has 0 amide bonds. The molecule has 2 aromatic rings. The molecule has 0 aromatic heterocycles. The van der Waals surface area contributed by atoms with Crippen LogP contribution in [0.4, 0.5) is 5.69 Å². The topological polar surface area (TPSA) is 30.5 Å². The lowest BCUT2D eigenvalue weighted by atomic mass is 10.1. The van der Waals surface area contributed by atoms with Gasteiger partial charge in [0.2, 0.25) is 0 Å². The molecule has 0 atom stereocenters. The van der Waals surface area contributed by atoms with E-state index in [1.165, 1.54) is 36.1 Å². The van der Waals surface area contributed by atoms with Gasteiger partial charge in [0.1, 0.15) is 6.61 Å². The third-order valence-corrected chi connectivity index (χ3v) is 3.86. The third-order valence-electron chi connectivity index (χ3n) is 3.86. The molecule has 0 saturated heterocycles. The first-order chi connectivity index (χ1) is 10.4. The molecule has 1 aliphatic carbocycles. The van der Waals surface area contributed by atoms with Gasteiger partial charge in [-0.15, -0.1) is 0 Å². The Morgan fingerprint density at radius 3 is 2.67 bits per heavy atom. The van der Waals surface area contributed by atoms with E-state index >= 15 is 0 Å². The van der Waals surface area contributed by atoms with E-state index in [2.05, 4.69) is 23.5 Å². The highest BCUT2D eigenvalue weighted by Gasteiger charge is 2.10. The normalized spacial score (nSPS) is 12.8. The molecule has 0 saturated carbocycles. The van der Waals surface area contributed by atoms with E-state index < -0.39 is 0 Å². The van der Waals surface area contributed by atoms with Gasteiger partial charge >= 0.3 is 0 Å². The van der Waals surface area contributed by atoms with Crippen LogP contribution in [0.25, 0.3) is 0 Å². The highest BCUT2D eigenvalue weighted by molar-refractivity contribution is 5.50. The number of nitrogens with one attached hydrogen (secondary N) is 1. The van der Waals surface area contributed by atoms with Gasteiger partial charge in [-0.25, -0.2) is 0 Å². The molecule has 1 N–H and O–H groups in total. The number of anilines is 1. The van der Waals surface area contributed by atoms with Crippen LogP contribution >= 0.6 is 0 Å². The number of hydrogen-bond acceptors (Lipinski definition) is 3. The number of para-hydroxylation sites is 2. The van der Waals surface area contributed by atoms with E-state index in [-0.39, 0.29) is 0 Å². The van der Waals surface area contributed by atoms with Crippen molar-refractivity contribution in [3.63, 3.8) is 0 Å². The summed E-state index contributed by atoms with van der Waals surface area (Å²) >= 11 is 0. The number of fused-ring (bicyclic) bond motifs is 1. The van der Waals surface area contributed by atoms with Crippen LogP contribution in [-0.2, 0) is 12.8 Å². The van der Waals surface area contributed by atoms with Gasteiger partial charge < -0.3 is 14.8 Å². The van der Waals surface area contributed by atoms with Crippen molar-refractivity contribution in [2.45, 2.75) is 19.3 Å². The fourth-order valence-corrected chi connectivity index (χ4v) is 2.78. The molecule has 0 heterocycles. The Hall–Kier alpha value is -2.16. The lowest BCUT2D eigenvalue weighted by Gasteiger charge is -2.12. The van der Waals surface area contributed by atoms with Crippen molar-refractivity contribution in [3.8, 4) is 11.5 Å². The molecule has 3 heteroatoms. The van der Waals surface area contributed by atoms with E-state index in [9.17, 15) is 0 Å². The molecule has 21 heavy (non-hydrogen) atoms. The second-order valence-corrected chi connectivity index (χ2v) is 5.26. The second kappa shape index (κ2) is 6.53. The number of methoxy groups -OCH3 is 1. The number of hydrogen-bond donors (Lipinski definition) is 1. The molecule has 3 rings (SSSR count). The smallest absolute Gasteiger partial charge is 0.161 e. The number of benzene rings is 2. The molecule has 0 fully saturated rings. The highest BCUT2D eigenvalue weighted by atomic mass is 16.5. The summed E-state index contributed by atoms with van der Waals surface area (Å²) in [5.74, 6) is 1.56. The van der Waals surface area contributed by atoms with Crippen molar-refractivity contribution in [2.75, 3.05) is 25.6 Å². The Kier molecular flexibility index (Phi) is 4.29. The molecule has 3 nitrogen and oxygen atoms in total. The van der Waals surface area contributed by atoms with Crippen LogP contribution in [0, 0.1) is 0 Å². The van der Waals surface area contributed by atoms with Gasteiger partial charge in [0.05, 0.1) is 7.11 Å². The largest absolute Gasteiger partial charge is 0.493 e. The fraction of sp³-hybridized carbons (Fsp3) is 0.333. The maximum Gasteiger partial charge on any atom is 0.161 e. The number of rotatable bonds is 6. The highest BCUT2D eigenvalue weighted by Crippen LogP contribution is 2.26. The summed E-state index contributed by atoms with van der Waals surface area (Å²) < 4.78 is 11.0. The van der Waals surface area contributed by atoms with E-state index in [0.717, 1.165) is 18.0 Å². The molecule has 2 aromatic carbocycles. The molecule has 1 aliphatic rings. The first-order valence-corrected chi connectivity index (χ1v) is 7.48. The van der Waals surface area contributed by atoms with Gasteiger partial charge in [-0.1, -0.05) is 18.2 Å². The van der Waals surface area contributed by atoms with Crippen molar-refractivity contribution in [3.05, 3.63) is 53.6 Å². The summed E-state index contributed by atoms with van der Waals surface area (Å²) in [6, 6.07) is 14.4. The van der Waals surface area contributed by atoms with Gasteiger partial charge in [-0.2, -0.15) is 0 Å². The van der Waals surface area contributed by atoms with Crippen LogP contribution < -0.4 is 14.8 Å². The third kappa shape index (κ3) is 3.30. The molecular weight excluding hydrogens is 262 g/mol. The van der Waals surface area contributed by atoms with Crippen LogP contribution in [0.1, 0.15) is 17.5 Å². The Balaban J connectivity index is 1.50. The van der Waals surface area contributed by atoms with E-state index in [0.29, 0.717) is 6.61 Å². The molecule has 0 aliphatic heterocycles. The van der Waals surface area contributed by atoms with Gasteiger partial charge in [-0.05, 0) is 54.7 Å². The molecule has 0 unspecified atom stereocenters. The van der Waals surface area contributed by atoms with Crippen LogP contribution in [0.2, 0.25) is 0 Å². The summed E-state index contributed by atoms with van der Waals surface area (Å²) in [5, 5.41) is 3.42. The van der Waals surface area contributed by atoms with Crippen LogP contribution in [0.3, 0.4) is 0 Å². The standard InChI is InChI=1S/C18H21NO2/c1-20-17-7-2-3-8-18(17)21-12-11-19-16-10-9-14-5-4-6-15(14)13-16/h2-3,7-10,13,19H,4-6,11-12H2,1H3. The van der Waals surface area contributed by atoms with Gasteiger partial charge in [0.25, 0.3) is 0 Å². The molecule has 0 spiro atoms. The van der Waals surface area contributed by atoms with Crippen molar-refractivity contribution in [2.24, 2.45) is 0 Å². The zero-order chi connectivity index (χ0) is 14.5. The first kappa shape index (κ1) is 13.8. The number of ether oxygens (including phenoxy) is 2. The molecular formula is C18H21NO2. The lowest BCUT2D eigenvalue weighted by molar-refractivity contribution is 0.306. The minimum Gasteiger partial charge on any atom is -0.493 e. The summed E-state index contributed by atoms with van der Waals surface area (Å²) in [6.45, 7) is 1.38. The molecule has 110 valence electrons. The van der Waals surface area contributed by atoms with Gasteiger partial charge in [0, 0.05) is 12.2 Å². The monoisotopic (exact) mass is 283 g/mol. The maximum absolute atomic E-state index is 5.75. The molecule has 0 radical (unpaired) electrons. The zero-order valence-corrected chi connectivity index (χ0v) is 12.4. The number of aryl methyl sites for hydroxylation is 2.